The standard InChI is InChI=1S/C16H27NO4/c1-2-20-8-9-21-13-16(19)11-17-15(12-18)10-14-6-4-3-5-7-14/h3-7,15-19H,2,8-13H2,1H3. The van der Waals surface area contributed by atoms with Gasteiger partial charge >= 0.3 is 0 Å². The molecule has 0 radical (unpaired) electrons. The van der Waals surface area contributed by atoms with Gasteiger partial charge in [0, 0.05) is 19.2 Å². The minimum atomic E-state index is -0.587. The average molecular weight is 297 g/mol. The molecule has 0 amide bonds. The molecule has 0 aliphatic rings. The maximum atomic E-state index is 9.81. The van der Waals surface area contributed by atoms with Gasteiger partial charge in [0.2, 0.25) is 0 Å². The van der Waals surface area contributed by atoms with Crippen LogP contribution >= 0.6 is 0 Å². The van der Waals surface area contributed by atoms with E-state index in [2.05, 4.69) is 5.32 Å². The van der Waals surface area contributed by atoms with Crippen LogP contribution in [0.15, 0.2) is 30.3 Å². The molecule has 0 aliphatic heterocycles. The van der Waals surface area contributed by atoms with Gasteiger partial charge in [-0.15, -0.1) is 0 Å². The molecular weight excluding hydrogens is 270 g/mol. The summed E-state index contributed by atoms with van der Waals surface area (Å²) in [5.74, 6) is 0. The highest BCUT2D eigenvalue weighted by Gasteiger charge is 2.11. The van der Waals surface area contributed by atoms with Crippen molar-refractivity contribution in [3.8, 4) is 0 Å². The Kier molecular flexibility index (Phi) is 10.0. The maximum absolute atomic E-state index is 9.81. The Morgan fingerprint density at radius 2 is 1.86 bits per heavy atom. The summed E-state index contributed by atoms with van der Waals surface area (Å²) in [5, 5.41) is 22.3. The lowest BCUT2D eigenvalue weighted by molar-refractivity contribution is 0.00518. The largest absolute Gasteiger partial charge is 0.395 e. The highest BCUT2D eigenvalue weighted by molar-refractivity contribution is 5.15. The van der Waals surface area contributed by atoms with Crippen LogP contribution in [0.2, 0.25) is 0 Å². The van der Waals surface area contributed by atoms with Gasteiger partial charge in [-0.2, -0.15) is 0 Å². The summed E-state index contributed by atoms with van der Waals surface area (Å²) in [6, 6.07) is 9.91. The summed E-state index contributed by atoms with van der Waals surface area (Å²) in [6.07, 6.45) is 0.145. The number of ether oxygens (including phenoxy) is 2. The number of benzene rings is 1. The van der Waals surface area contributed by atoms with Crippen LogP contribution in [0.5, 0.6) is 0 Å². The fourth-order valence-electron chi connectivity index (χ4n) is 1.94. The van der Waals surface area contributed by atoms with Gasteiger partial charge in [0.15, 0.2) is 0 Å². The number of hydrogen-bond acceptors (Lipinski definition) is 5. The first kappa shape index (κ1) is 18.1. The van der Waals surface area contributed by atoms with E-state index in [1.807, 2.05) is 37.3 Å². The zero-order valence-electron chi connectivity index (χ0n) is 12.7. The molecule has 0 saturated carbocycles. The number of hydrogen-bond donors (Lipinski definition) is 3. The molecule has 0 bridgehead atoms. The van der Waals surface area contributed by atoms with Crippen LogP contribution in [0.3, 0.4) is 0 Å². The Morgan fingerprint density at radius 3 is 2.52 bits per heavy atom. The zero-order chi connectivity index (χ0) is 15.3. The summed E-state index contributed by atoms with van der Waals surface area (Å²) >= 11 is 0. The summed E-state index contributed by atoms with van der Waals surface area (Å²) in [7, 11) is 0. The van der Waals surface area contributed by atoms with Crippen LogP contribution in [0, 0.1) is 0 Å². The molecule has 1 aromatic carbocycles. The van der Waals surface area contributed by atoms with Crippen LogP contribution in [0.1, 0.15) is 12.5 Å². The molecule has 2 atom stereocenters. The van der Waals surface area contributed by atoms with Gasteiger partial charge in [0.25, 0.3) is 0 Å². The van der Waals surface area contributed by atoms with Gasteiger partial charge in [0.1, 0.15) is 0 Å². The van der Waals surface area contributed by atoms with Crippen molar-refractivity contribution in [1.82, 2.24) is 5.32 Å². The van der Waals surface area contributed by atoms with E-state index in [4.69, 9.17) is 9.47 Å². The summed E-state index contributed by atoms with van der Waals surface area (Å²) in [4.78, 5) is 0. The lowest BCUT2D eigenvalue weighted by atomic mass is 10.1. The molecule has 0 fully saturated rings. The van der Waals surface area contributed by atoms with E-state index >= 15 is 0 Å². The van der Waals surface area contributed by atoms with Crippen LogP contribution in [-0.4, -0.2) is 61.9 Å². The molecule has 0 saturated heterocycles. The lowest BCUT2D eigenvalue weighted by Crippen LogP contribution is -2.40. The number of rotatable bonds is 12. The minimum absolute atomic E-state index is 0.0345. The average Bonchev–Trinajstić information content (AvgIpc) is 2.52. The molecular formula is C16H27NO4. The third-order valence-electron chi connectivity index (χ3n) is 3.07. The molecule has 0 spiro atoms. The predicted molar refractivity (Wildman–Crippen MR) is 82.3 cm³/mol. The third kappa shape index (κ3) is 8.80. The normalized spacial score (nSPS) is 14.0. The zero-order valence-corrected chi connectivity index (χ0v) is 12.7. The fraction of sp³-hybridized carbons (Fsp3) is 0.625. The second kappa shape index (κ2) is 11.7. The van der Waals surface area contributed by atoms with Gasteiger partial charge in [-0.1, -0.05) is 30.3 Å². The van der Waals surface area contributed by atoms with Crippen molar-refractivity contribution in [2.24, 2.45) is 0 Å². The quantitative estimate of drug-likeness (QED) is 0.493. The molecule has 120 valence electrons. The smallest absolute Gasteiger partial charge is 0.0897 e. The Hall–Kier alpha value is -0.980. The second-order valence-electron chi connectivity index (χ2n) is 4.90. The van der Waals surface area contributed by atoms with Crippen molar-refractivity contribution in [1.29, 1.82) is 0 Å². The first-order chi connectivity index (χ1) is 10.3. The van der Waals surface area contributed by atoms with Crippen LogP contribution in [0.25, 0.3) is 0 Å². The van der Waals surface area contributed by atoms with E-state index in [9.17, 15) is 10.2 Å². The highest BCUT2D eigenvalue weighted by Crippen LogP contribution is 2.03. The molecule has 1 rings (SSSR count). The van der Waals surface area contributed by atoms with Gasteiger partial charge in [-0.3, -0.25) is 0 Å². The lowest BCUT2D eigenvalue weighted by Gasteiger charge is -2.19. The van der Waals surface area contributed by atoms with E-state index in [0.29, 0.717) is 26.4 Å². The number of nitrogens with one attached hydrogen (secondary N) is 1. The first-order valence-electron chi connectivity index (χ1n) is 7.48. The van der Waals surface area contributed by atoms with Gasteiger partial charge in [-0.25, -0.2) is 0 Å². The molecule has 5 heteroatoms. The van der Waals surface area contributed by atoms with Crippen molar-refractivity contribution in [2.45, 2.75) is 25.5 Å². The first-order valence-corrected chi connectivity index (χ1v) is 7.48. The number of aliphatic hydroxyl groups is 2. The Morgan fingerprint density at radius 1 is 1.14 bits per heavy atom. The van der Waals surface area contributed by atoms with Crippen LogP contribution in [0.4, 0.5) is 0 Å². The van der Waals surface area contributed by atoms with E-state index < -0.39 is 6.10 Å². The molecule has 21 heavy (non-hydrogen) atoms. The Balaban J connectivity index is 2.16. The molecule has 1 aromatic rings. The summed E-state index contributed by atoms with van der Waals surface area (Å²) < 4.78 is 10.4. The predicted octanol–water partition coefficient (Wildman–Crippen LogP) is 0.594. The van der Waals surface area contributed by atoms with E-state index in [1.54, 1.807) is 0 Å². The molecule has 0 aromatic heterocycles. The fourth-order valence-corrected chi connectivity index (χ4v) is 1.94. The molecule has 2 unspecified atom stereocenters. The molecule has 0 heterocycles. The maximum Gasteiger partial charge on any atom is 0.0897 e. The third-order valence-corrected chi connectivity index (χ3v) is 3.07. The second-order valence-corrected chi connectivity index (χ2v) is 4.90. The topological polar surface area (TPSA) is 71.0 Å². The highest BCUT2D eigenvalue weighted by atomic mass is 16.5. The van der Waals surface area contributed by atoms with E-state index in [0.717, 1.165) is 12.0 Å². The van der Waals surface area contributed by atoms with E-state index in [1.165, 1.54) is 0 Å². The monoisotopic (exact) mass is 297 g/mol. The van der Waals surface area contributed by atoms with Gasteiger partial charge in [0.05, 0.1) is 32.5 Å². The Bertz CT molecular complexity index is 347. The SMILES string of the molecule is CCOCCOCC(O)CNC(CO)Cc1ccccc1. The van der Waals surface area contributed by atoms with Crippen molar-refractivity contribution in [3.05, 3.63) is 35.9 Å². The van der Waals surface area contributed by atoms with Crippen LogP contribution in [-0.2, 0) is 15.9 Å². The molecule has 3 N–H and O–H groups in total. The van der Waals surface area contributed by atoms with Crippen molar-refractivity contribution >= 4 is 0 Å². The van der Waals surface area contributed by atoms with Crippen molar-refractivity contribution < 1.29 is 19.7 Å². The summed E-state index contributed by atoms with van der Waals surface area (Å²) in [5.41, 5.74) is 1.16. The van der Waals surface area contributed by atoms with Crippen molar-refractivity contribution in [2.75, 3.05) is 39.6 Å². The van der Waals surface area contributed by atoms with Gasteiger partial charge in [-0.05, 0) is 18.9 Å². The van der Waals surface area contributed by atoms with Gasteiger partial charge < -0.3 is 25.0 Å². The summed E-state index contributed by atoms with van der Waals surface area (Å²) in [6.45, 7) is 4.33. The van der Waals surface area contributed by atoms with Crippen molar-refractivity contribution in [3.63, 3.8) is 0 Å². The molecule has 5 nitrogen and oxygen atoms in total. The number of aliphatic hydroxyl groups excluding tert-OH is 2. The minimum Gasteiger partial charge on any atom is -0.395 e. The van der Waals surface area contributed by atoms with Crippen LogP contribution < -0.4 is 5.32 Å². The Labute approximate surface area is 126 Å². The van der Waals surface area contributed by atoms with E-state index in [-0.39, 0.29) is 19.3 Å². The molecule has 0 aliphatic carbocycles.